The van der Waals surface area contributed by atoms with Crippen molar-refractivity contribution in [1.29, 1.82) is 0 Å². The van der Waals surface area contributed by atoms with E-state index in [0.717, 1.165) is 11.1 Å². The van der Waals surface area contributed by atoms with Crippen LogP contribution in [0.5, 0.6) is 0 Å². The van der Waals surface area contributed by atoms with Crippen LogP contribution in [-0.4, -0.2) is 37.2 Å². The predicted octanol–water partition coefficient (Wildman–Crippen LogP) is 2.25. The van der Waals surface area contributed by atoms with E-state index in [4.69, 9.17) is 9.47 Å². The Balaban J connectivity index is 2.44. The molecule has 2 rings (SSSR count). The molecule has 1 aliphatic rings. The van der Waals surface area contributed by atoms with Crippen LogP contribution in [0.2, 0.25) is 0 Å². The molecule has 5 nitrogen and oxygen atoms in total. The molecule has 0 aromatic heterocycles. The predicted molar refractivity (Wildman–Crippen MR) is 71.9 cm³/mol. The molecule has 0 fully saturated rings. The molecular formula is C13H14BrNO4. The lowest BCUT2D eigenvalue weighted by molar-refractivity contribution is -0.146. The summed E-state index contributed by atoms with van der Waals surface area (Å²) in [5.74, 6) is -0.454. The number of methoxy groups -OCH3 is 2. The molecule has 19 heavy (non-hydrogen) atoms. The van der Waals surface area contributed by atoms with Crippen molar-refractivity contribution >= 4 is 28.0 Å². The van der Waals surface area contributed by atoms with Crippen LogP contribution in [0.15, 0.2) is 24.3 Å². The number of fused-ring (bicyclic) bond motifs is 1. The van der Waals surface area contributed by atoms with Gasteiger partial charge in [-0.15, -0.1) is 0 Å². The zero-order chi connectivity index (χ0) is 14.0. The largest absolute Gasteiger partial charge is 0.467 e. The Bertz CT molecular complexity index is 505. The number of rotatable bonds is 1. The molecule has 2 atom stereocenters. The van der Waals surface area contributed by atoms with Crippen molar-refractivity contribution in [3.05, 3.63) is 35.4 Å². The lowest BCUT2D eigenvalue weighted by atomic mass is 9.94. The standard InChI is InChI=1S/C13H14BrNO4/c1-18-12(16)10-7-8-5-3-4-6-9(8)11(14)15(10)13(17)19-2/h3-6,10-11H,7H2,1-2H3. The molecule has 1 aromatic rings. The Morgan fingerprint density at radius 1 is 1.26 bits per heavy atom. The maximum Gasteiger partial charge on any atom is 0.411 e. The number of carbonyl (C=O) groups is 2. The number of alkyl halides is 1. The molecule has 0 radical (unpaired) electrons. The molecule has 6 heteroatoms. The highest BCUT2D eigenvalue weighted by molar-refractivity contribution is 9.09. The summed E-state index contributed by atoms with van der Waals surface area (Å²) in [7, 11) is 2.60. The summed E-state index contributed by atoms with van der Waals surface area (Å²) in [6, 6.07) is 6.96. The molecule has 0 spiro atoms. The van der Waals surface area contributed by atoms with E-state index in [1.165, 1.54) is 19.1 Å². The van der Waals surface area contributed by atoms with Gasteiger partial charge in [0.05, 0.1) is 14.2 Å². The van der Waals surface area contributed by atoms with Gasteiger partial charge in [-0.1, -0.05) is 40.2 Å². The molecule has 0 bridgehead atoms. The van der Waals surface area contributed by atoms with Crippen molar-refractivity contribution in [2.24, 2.45) is 0 Å². The molecule has 0 aliphatic carbocycles. The fourth-order valence-corrected chi connectivity index (χ4v) is 3.12. The quantitative estimate of drug-likeness (QED) is 0.451. The Hall–Kier alpha value is -1.56. The number of benzene rings is 1. The SMILES string of the molecule is COC(=O)C1Cc2ccccc2C(Br)N1C(=O)OC. The van der Waals surface area contributed by atoms with Crippen molar-refractivity contribution < 1.29 is 19.1 Å². The molecule has 2 unspecified atom stereocenters. The first-order valence-corrected chi connectivity index (χ1v) is 6.67. The summed E-state index contributed by atoms with van der Waals surface area (Å²) in [5, 5.41) is 0. The van der Waals surface area contributed by atoms with Crippen LogP contribution in [0.1, 0.15) is 16.1 Å². The first-order valence-electron chi connectivity index (χ1n) is 5.76. The van der Waals surface area contributed by atoms with E-state index < -0.39 is 23.1 Å². The normalized spacial score (nSPS) is 21.5. The third-order valence-corrected chi connectivity index (χ3v) is 4.10. The number of carbonyl (C=O) groups excluding carboxylic acids is 2. The lowest BCUT2D eigenvalue weighted by Crippen LogP contribution is -2.50. The fraction of sp³-hybridized carbons (Fsp3) is 0.385. The smallest absolute Gasteiger partial charge is 0.411 e. The molecule has 0 saturated heterocycles. The average molecular weight is 328 g/mol. The second kappa shape index (κ2) is 5.61. The summed E-state index contributed by atoms with van der Waals surface area (Å²) in [6.07, 6.45) is -0.146. The molecule has 1 amide bonds. The third-order valence-electron chi connectivity index (χ3n) is 3.16. The fourth-order valence-electron chi connectivity index (χ4n) is 2.23. The van der Waals surface area contributed by atoms with E-state index >= 15 is 0 Å². The lowest BCUT2D eigenvalue weighted by Gasteiger charge is -2.37. The molecule has 0 saturated carbocycles. The topological polar surface area (TPSA) is 55.8 Å². The number of nitrogens with zero attached hydrogens (tertiary/aromatic N) is 1. The highest BCUT2D eigenvalue weighted by Gasteiger charge is 2.41. The zero-order valence-corrected chi connectivity index (χ0v) is 12.2. The van der Waals surface area contributed by atoms with Crippen LogP contribution in [0.25, 0.3) is 0 Å². The van der Waals surface area contributed by atoms with Gasteiger partial charge in [0, 0.05) is 6.42 Å². The maximum absolute atomic E-state index is 11.9. The van der Waals surface area contributed by atoms with Gasteiger partial charge in [-0.2, -0.15) is 0 Å². The molecule has 1 aromatic carbocycles. The summed E-state index contributed by atoms with van der Waals surface area (Å²) < 4.78 is 9.52. The highest BCUT2D eigenvalue weighted by Crippen LogP contribution is 2.37. The Kier molecular flexibility index (Phi) is 4.09. The number of ether oxygens (including phenoxy) is 2. The second-order valence-corrected chi connectivity index (χ2v) is 5.02. The third kappa shape index (κ3) is 2.45. The molecule has 102 valence electrons. The average Bonchev–Trinajstić information content (AvgIpc) is 2.45. The van der Waals surface area contributed by atoms with Gasteiger partial charge in [0.25, 0.3) is 0 Å². The van der Waals surface area contributed by atoms with Crippen LogP contribution in [0, 0.1) is 0 Å². The van der Waals surface area contributed by atoms with Crippen LogP contribution in [0.4, 0.5) is 4.79 Å². The van der Waals surface area contributed by atoms with Crippen LogP contribution in [-0.2, 0) is 20.7 Å². The van der Waals surface area contributed by atoms with Crippen LogP contribution in [0.3, 0.4) is 0 Å². The van der Waals surface area contributed by atoms with Crippen molar-refractivity contribution in [2.45, 2.75) is 17.4 Å². The summed E-state index contributed by atoms with van der Waals surface area (Å²) in [4.78, 5) is 24.7. The minimum Gasteiger partial charge on any atom is -0.467 e. The van der Waals surface area contributed by atoms with Gasteiger partial charge in [-0.25, -0.2) is 9.59 Å². The molecule has 1 aliphatic heterocycles. The van der Waals surface area contributed by atoms with Gasteiger partial charge in [0.1, 0.15) is 11.0 Å². The molecule has 1 heterocycles. The van der Waals surface area contributed by atoms with Gasteiger partial charge in [-0.05, 0) is 11.1 Å². The minimum absolute atomic E-state index is 0.408. The number of amides is 1. The number of hydrogen-bond donors (Lipinski definition) is 0. The van der Waals surface area contributed by atoms with E-state index in [1.807, 2.05) is 24.3 Å². The maximum atomic E-state index is 11.9. The molecule has 0 N–H and O–H groups in total. The Morgan fingerprint density at radius 2 is 1.95 bits per heavy atom. The van der Waals surface area contributed by atoms with Gasteiger partial charge in [0.15, 0.2) is 0 Å². The van der Waals surface area contributed by atoms with Gasteiger partial charge < -0.3 is 9.47 Å². The first-order chi connectivity index (χ1) is 9.10. The van der Waals surface area contributed by atoms with E-state index in [9.17, 15) is 9.59 Å². The molecular weight excluding hydrogens is 314 g/mol. The Labute approximate surface area is 119 Å². The summed E-state index contributed by atoms with van der Waals surface area (Å²) in [6.45, 7) is 0. The Morgan fingerprint density at radius 3 is 2.58 bits per heavy atom. The van der Waals surface area contributed by atoms with Crippen LogP contribution >= 0.6 is 15.9 Å². The number of hydrogen-bond acceptors (Lipinski definition) is 4. The van der Waals surface area contributed by atoms with Gasteiger partial charge in [0.2, 0.25) is 0 Å². The van der Waals surface area contributed by atoms with E-state index in [-0.39, 0.29) is 0 Å². The van der Waals surface area contributed by atoms with Crippen molar-refractivity contribution in [1.82, 2.24) is 4.90 Å². The van der Waals surface area contributed by atoms with E-state index in [1.54, 1.807) is 0 Å². The summed E-state index contributed by atoms with van der Waals surface area (Å²) >= 11 is 3.45. The van der Waals surface area contributed by atoms with Gasteiger partial charge in [-0.3, -0.25) is 4.90 Å². The van der Waals surface area contributed by atoms with Gasteiger partial charge >= 0.3 is 12.1 Å². The first kappa shape index (κ1) is 13.9. The minimum atomic E-state index is -0.684. The second-order valence-electron chi connectivity index (χ2n) is 4.15. The number of halogens is 1. The monoisotopic (exact) mass is 327 g/mol. The highest BCUT2D eigenvalue weighted by atomic mass is 79.9. The number of esters is 1. The van der Waals surface area contributed by atoms with Crippen molar-refractivity contribution in [3.63, 3.8) is 0 Å². The van der Waals surface area contributed by atoms with Crippen LogP contribution < -0.4 is 0 Å². The zero-order valence-electron chi connectivity index (χ0n) is 10.6. The van der Waals surface area contributed by atoms with E-state index in [0.29, 0.717) is 6.42 Å². The summed E-state index contributed by atoms with van der Waals surface area (Å²) in [5.41, 5.74) is 1.97. The van der Waals surface area contributed by atoms with Crippen molar-refractivity contribution in [3.8, 4) is 0 Å². The van der Waals surface area contributed by atoms with Crippen molar-refractivity contribution in [2.75, 3.05) is 14.2 Å². The van der Waals surface area contributed by atoms with E-state index in [2.05, 4.69) is 15.9 Å².